The molecule has 1 aromatic heterocycles. The van der Waals surface area contributed by atoms with Crippen LogP contribution in [0.1, 0.15) is 67.2 Å². The lowest BCUT2D eigenvalue weighted by molar-refractivity contribution is 0.0179. The smallest absolute Gasteiger partial charge is 0.410 e. The van der Waals surface area contributed by atoms with Crippen LogP contribution in [0.15, 0.2) is 48.5 Å². The van der Waals surface area contributed by atoms with Crippen LogP contribution in [0.5, 0.6) is 0 Å². The first-order chi connectivity index (χ1) is 17.2. The molecular weight excluding hydrogens is 452 g/mol. The number of fused-ring (bicyclic) bond motifs is 1. The number of rotatable bonds is 6. The Balaban J connectivity index is 1.43. The number of nitrogens with zero attached hydrogens (tertiary/aromatic N) is 2. The lowest BCUT2D eigenvalue weighted by Crippen LogP contribution is -2.41. The third kappa shape index (κ3) is 5.92. The summed E-state index contributed by atoms with van der Waals surface area (Å²) in [6, 6.07) is 16.3. The number of amides is 1. The molecule has 1 aliphatic heterocycles. The molecule has 0 aliphatic carbocycles. The van der Waals surface area contributed by atoms with Crippen LogP contribution in [0.25, 0.3) is 10.9 Å². The summed E-state index contributed by atoms with van der Waals surface area (Å²) >= 11 is 0. The highest BCUT2D eigenvalue weighted by Crippen LogP contribution is 2.30. The van der Waals surface area contributed by atoms with Crippen LogP contribution in [-0.4, -0.2) is 47.3 Å². The van der Waals surface area contributed by atoms with Crippen molar-refractivity contribution < 1.29 is 19.1 Å². The van der Waals surface area contributed by atoms with Gasteiger partial charge in [0.2, 0.25) is 0 Å². The van der Waals surface area contributed by atoms with Crippen LogP contribution in [-0.2, 0) is 22.4 Å². The van der Waals surface area contributed by atoms with Crippen LogP contribution >= 0.6 is 0 Å². The number of hydrogen-bond acceptors (Lipinski definition) is 4. The lowest BCUT2D eigenvalue weighted by Gasteiger charge is -2.33. The normalized spacial score (nSPS) is 14.8. The molecule has 3 aromatic rings. The number of piperidine rings is 1. The van der Waals surface area contributed by atoms with Gasteiger partial charge in [-0.25, -0.2) is 9.59 Å². The highest BCUT2D eigenvalue weighted by atomic mass is 16.6. The van der Waals surface area contributed by atoms with Crippen LogP contribution in [0.3, 0.4) is 0 Å². The molecule has 1 fully saturated rings. The minimum atomic E-state index is -0.456. The maximum atomic E-state index is 12.4. The molecule has 0 bridgehead atoms. The highest BCUT2D eigenvalue weighted by Gasteiger charge is 2.27. The number of likely N-dealkylation sites (tertiary alicyclic amines) is 1. The van der Waals surface area contributed by atoms with E-state index in [-0.39, 0.29) is 12.1 Å². The summed E-state index contributed by atoms with van der Waals surface area (Å²) in [4.78, 5) is 26.0. The zero-order valence-electron chi connectivity index (χ0n) is 22.2. The van der Waals surface area contributed by atoms with Gasteiger partial charge in [-0.1, -0.05) is 30.3 Å². The summed E-state index contributed by atoms with van der Waals surface area (Å²) in [6.07, 6.45) is 3.73. The van der Waals surface area contributed by atoms with Gasteiger partial charge in [0, 0.05) is 36.2 Å². The number of benzene rings is 2. The molecule has 0 unspecified atom stereocenters. The van der Waals surface area contributed by atoms with Gasteiger partial charge in [0.05, 0.1) is 12.7 Å². The van der Waals surface area contributed by atoms with Crippen molar-refractivity contribution in [3.8, 4) is 0 Å². The van der Waals surface area contributed by atoms with E-state index in [4.69, 9.17) is 9.47 Å². The molecule has 1 saturated heterocycles. The van der Waals surface area contributed by atoms with E-state index in [9.17, 15) is 9.59 Å². The maximum absolute atomic E-state index is 12.4. The number of aryl methyl sites for hydroxylation is 1. The maximum Gasteiger partial charge on any atom is 0.410 e. The van der Waals surface area contributed by atoms with Crippen molar-refractivity contribution in [2.45, 2.75) is 65.5 Å². The molecule has 0 atom stereocenters. The third-order valence-electron chi connectivity index (χ3n) is 7.14. The van der Waals surface area contributed by atoms with E-state index in [1.807, 2.05) is 49.9 Å². The van der Waals surface area contributed by atoms with Crippen molar-refractivity contribution in [3.05, 3.63) is 70.9 Å². The zero-order chi connectivity index (χ0) is 25.9. The number of aromatic nitrogens is 1. The zero-order valence-corrected chi connectivity index (χ0v) is 22.2. The Hall–Kier alpha value is -3.28. The summed E-state index contributed by atoms with van der Waals surface area (Å²) in [5, 5.41) is 1.28. The summed E-state index contributed by atoms with van der Waals surface area (Å²) in [5.74, 6) is 0.282. The van der Waals surface area contributed by atoms with Gasteiger partial charge in [0.1, 0.15) is 5.60 Å². The summed E-state index contributed by atoms with van der Waals surface area (Å²) < 4.78 is 12.8. The SMILES string of the molecule is COC(=O)c1ccc(Cc2c(C)n(CCC3CCN(C(=O)OC(C)(C)C)CC3)c3ccccc23)cc1. The molecule has 0 N–H and O–H groups in total. The lowest BCUT2D eigenvalue weighted by atomic mass is 9.93. The molecule has 2 heterocycles. The molecule has 0 saturated carbocycles. The molecule has 0 spiro atoms. The Morgan fingerprint density at radius 3 is 2.31 bits per heavy atom. The second kappa shape index (κ2) is 10.8. The Kier molecular flexibility index (Phi) is 7.72. The van der Waals surface area contributed by atoms with Crippen LogP contribution in [0, 0.1) is 12.8 Å². The topological polar surface area (TPSA) is 60.8 Å². The van der Waals surface area contributed by atoms with Gasteiger partial charge < -0.3 is 18.9 Å². The molecular formula is C30H38N2O4. The fourth-order valence-corrected chi connectivity index (χ4v) is 5.14. The first-order valence-electron chi connectivity index (χ1n) is 12.9. The molecule has 192 valence electrons. The van der Waals surface area contributed by atoms with Crippen molar-refractivity contribution in [3.63, 3.8) is 0 Å². The molecule has 0 radical (unpaired) electrons. The minimum Gasteiger partial charge on any atom is -0.465 e. The molecule has 6 nitrogen and oxygen atoms in total. The number of carbonyl (C=O) groups is 2. The number of ether oxygens (including phenoxy) is 2. The van der Waals surface area contributed by atoms with Crippen LogP contribution in [0.4, 0.5) is 4.79 Å². The molecule has 6 heteroatoms. The number of methoxy groups -OCH3 is 1. The Morgan fingerprint density at radius 2 is 1.67 bits per heavy atom. The Labute approximate surface area is 214 Å². The molecule has 1 aliphatic rings. The van der Waals surface area contributed by atoms with E-state index in [1.165, 1.54) is 34.8 Å². The monoisotopic (exact) mass is 490 g/mol. The van der Waals surface area contributed by atoms with E-state index < -0.39 is 5.60 Å². The molecule has 2 aromatic carbocycles. The Bertz CT molecular complexity index is 1210. The fraction of sp³-hybridized carbons (Fsp3) is 0.467. The molecule has 36 heavy (non-hydrogen) atoms. The number of hydrogen-bond donors (Lipinski definition) is 0. The van der Waals surface area contributed by atoms with Crippen molar-refractivity contribution in [1.82, 2.24) is 9.47 Å². The number of esters is 1. The number of carbonyl (C=O) groups excluding carboxylic acids is 2. The standard InChI is InChI=1S/C30H38N2O4/c1-21-26(20-23-10-12-24(13-11-23)28(33)35-5)25-8-6-7-9-27(25)32(21)19-16-22-14-17-31(18-15-22)29(34)36-30(2,3)4/h6-13,22H,14-20H2,1-5H3. The van der Waals surface area contributed by atoms with E-state index >= 15 is 0 Å². The fourth-order valence-electron chi connectivity index (χ4n) is 5.14. The van der Waals surface area contributed by atoms with Crippen LogP contribution < -0.4 is 0 Å². The van der Waals surface area contributed by atoms with Gasteiger partial charge in [-0.2, -0.15) is 0 Å². The largest absolute Gasteiger partial charge is 0.465 e. The first-order valence-corrected chi connectivity index (χ1v) is 12.9. The van der Waals surface area contributed by atoms with Crippen molar-refractivity contribution >= 4 is 23.0 Å². The quantitative estimate of drug-likeness (QED) is 0.377. The minimum absolute atomic E-state index is 0.197. The predicted octanol–water partition coefficient (Wildman–Crippen LogP) is 6.36. The van der Waals surface area contributed by atoms with Crippen molar-refractivity contribution in [1.29, 1.82) is 0 Å². The van der Waals surface area contributed by atoms with E-state index in [0.29, 0.717) is 11.5 Å². The van der Waals surface area contributed by atoms with Crippen molar-refractivity contribution in [2.24, 2.45) is 5.92 Å². The second-order valence-electron chi connectivity index (χ2n) is 10.8. The first kappa shape index (κ1) is 25.8. The molecule has 1 amide bonds. The average Bonchev–Trinajstić information content (AvgIpc) is 3.12. The van der Waals surface area contributed by atoms with Gasteiger partial charge in [-0.3, -0.25) is 0 Å². The van der Waals surface area contributed by atoms with Gasteiger partial charge in [0.15, 0.2) is 0 Å². The number of para-hydroxylation sites is 1. The predicted molar refractivity (Wildman–Crippen MR) is 142 cm³/mol. The highest BCUT2D eigenvalue weighted by molar-refractivity contribution is 5.89. The summed E-state index contributed by atoms with van der Waals surface area (Å²) in [7, 11) is 1.40. The van der Waals surface area contributed by atoms with Gasteiger partial charge in [0.25, 0.3) is 0 Å². The van der Waals surface area contributed by atoms with E-state index in [1.54, 1.807) is 0 Å². The van der Waals surface area contributed by atoms with Gasteiger partial charge >= 0.3 is 12.1 Å². The Morgan fingerprint density at radius 1 is 1.00 bits per heavy atom. The average molecular weight is 491 g/mol. The van der Waals surface area contributed by atoms with Gasteiger partial charge in [-0.05, 0) is 88.6 Å². The second-order valence-corrected chi connectivity index (χ2v) is 10.8. The van der Waals surface area contributed by atoms with Gasteiger partial charge in [-0.15, -0.1) is 0 Å². The van der Waals surface area contributed by atoms with E-state index in [2.05, 4.69) is 35.8 Å². The third-order valence-corrected chi connectivity index (χ3v) is 7.14. The summed E-state index contributed by atoms with van der Waals surface area (Å²) in [5.41, 5.74) is 5.17. The molecule has 4 rings (SSSR count). The summed E-state index contributed by atoms with van der Waals surface area (Å²) in [6.45, 7) is 10.4. The van der Waals surface area contributed by atoms with Crippen LogP contribution in [0.2, 0.25) is 0 Å². The van der Waals surface area contributed by atoms with E-state index in [0.717, 1.165) is 45.3 Å². The van der Waals surface area contributed by atoms with Crippen molar-refractivity contribution in [2.75, 3.05) is 20.2 Å².